The van der Waals surface area contributed by atoms with E-state index in [1.807, 2.05) is 12.1 Å². The van der Waals surface area contributed by atoms with Gasteiger partial charge in [-0.05, 0) is 55.8 Å². The van der Waals surface area contributed by atoms with Crippen molar-refractivity contribution in [3.63, 3.8) is 0 Å². The first-order valence-electron chi connectivity index (χ1n) is 10.1. The SMILES string of the molecule is O=S(=O)(N/C=N/CCCOc1cccc(CN2CCCCC2)c1)c1ccccc1. The minimum absolute atomic E-state index is 0.221. The average Bonchev–Trinajstić information content (AvgIpc) is 2.75. The van der Waals surface area contributed by atoms with E-state index in [-0.39, 0.29) is 4.90 Å². The summed E-state index contributed by atoms with van der Waals surface area (Å²) in [5.74, 6) is 0.869. The van der Waals surface area contributed by atoms with Gasteiger partial charge in [-0.2, -0.15) is 0 Å². The molecule has 0 radical (unpaired) electrons. The lowest BCUT2D eigenvalue weighted by Crippen LogP contribution is -2.29. The maximum atomic E-state index is 12.1. The molecule has 0 saturated carbocycles. The van der Waals surface area contributed by atoms with Crippen molar-refractivity contribution in [2.45, 2.75) is 37.1 Å². The standard InChI is InChI=1S/C22H29N3O3S/c26-29(27,22-11-3-1-4-12-22)24-19-23-13-8-16-28-21-10-7-9-20(17-21)18-25-14-5-2-6-15-25/h1,3-4,7,9-12,17,19H,2,5-6,8,13-16,18H2,(H,23,24). The molecule has 0 aliphatic carbocycles. The molecule has 2 aromatic rings. The van der Waals surface area contributed by atoms with Gasteiger partial charge in [0, 0.05) is 19.5 Å². The van der Waals surface area contributed by atoms with Gasteiger partial charge in [0.05, 0.1) is 17.8 Å². The number of aliphatic imine (C=N–C) groups is 1. The molecule has 0 aromatic heterocycles. The number of benzene rings is 2. The Morgan fingerprint density at radius 3 is 2.62 bits per heavy atom. The van der Waals surface area contributed by atoms with E-state index in [1.54, 1.807) is 30.3 Å². The third-order valence-electron chi connectivity index (χ3n) is 4.81. The highest BCUT2D eigenvalue weighted by atomic mass is 32.2. The van der Waals surface area contributed by atoms with Crippen LogP contribution in [-0.4, -0.2) is 45.9 Å². The van der Waals surface area contributed by atoms with E-state index in [0.717, 1.165) is 12.3 Å². The third kappa shape index (κ3) is 7.18. The Hall–Kier alpha value is -2.38. The van der Waals surface area contributed by atoms with Crippen LogP contribution in [0.15, 0.2) is 64.5 Å². The van der Waals surface area contributed by atoms with Gasteiger partial charge in [0.25, 0.3) is 10.0 Å². The first-order valence-corrected chi connectivity index (χ1v) is 11.6. The summed E-state index contributed by atoms with van der Waals surface area (Å²) in [6, 6.07) is 16.5. The molecule has 7 heteroatoms. The van der Waals surface area contributed by atoms with Gasteiger partial charge in [-0.15, -0.1) is 0 Å². The normalized spacial score (nSPS) is 15.4. The Bertz CT molecular complexity index is 879. The second-order valence-corrected chi connectivity index (χ2v) is 8.87. The molecule has 0 unspecified atom stereocenters. The number of nitrogens with zero attached hydrogens (tertiary/aromatic N) is 2. The Morgan fingerprint density at radius 1 is 1.03 bits per heavy atom. The molecule has 1 saturated heterocycles. The molecule has 3 rings (SSSR count). The van der Waals surface area contributed by atoms with E-state index >= 15 is 0 Å². The number of rotatable bonds is 10. The molecule has 1 heterocycles. The first-order chi connectivity index (χ1) is 14.1. The fraction of sp³-hybridized carbons (Fsp3) is 0.409. The van der Waals surface area contributed by atoms with Crippen LogP contribution in [0, 0.1) is 0 Å². The van der Waals surface area contributed by atoms with Gasteiger partial charge in [0.15, 0.2) is 0 Å². The summed E-state index contributed by atoms with van der Waals surface area (Å²) in [6.45, 7) is 4.36. The lowest BCUT2D eigenvalue weighted by atomic mass is 10.1. The van der Waals surface area contributed by atoms with E-state index in [1.165, 1.54) is 44.3 Å². The fourth-order valence-electron chi connectivity index (χ4n) is 3.29. The maximum Gasteiger partial charge on any atom is 0.262 e. The van der Waals surface area contributed by atoms with Crippen LogP contribution < -0.4 is 9.46 Å². The topological polar surface area (TPSA) is 71.0 Å². The van der Waals surface area contributed by atoms with Crippen LogP contribution >= 0.6 is 0 Å². The number of hydrogen-bond acceptors (Lipinski definition) is 5. The second kappa shape index (κ2) is 11.0. The molecule has 1 fully saturated rings. The summed E-state index contributed by atoms with van der Waals surface area (Å²) in [5.41, 5.74) is 1.28. The molecule has 0 spiro atoms. The van der Waals surface area contributed by atoms with Crippen LogP contribution in [-0.2, 0) is 16.6 Å². The van der Waals surface area contributed by atoms with Crippen LogP contribution in [0.1, 0.15) is 31.2 Å². The van der Waals surface area contributed by atoms with E-state index in [2.05, 4.69) is 26.7 Å². The quantitative estimate of drug-likeness (QED) is 0.367. The molecule has 1 aliphatic rings. The van der Waals surface area contributed by atoms with Crippen molar-refractivity contribution < 1.29 is 13.2 Å². The summed E-state index contributed by atoms with van der Waals surface area (Å²) in [6.07, 6.45) is 5.87. The number of piperidine rings is 1. The number of sulfonamides is 1. The van der Waals surface area contributed by atoms with Crippen molar-refractivity contribution in [2.75, 3.05) is 26.2 Å². The van der Waals surface area contributed by atoms with Crippen molar-refractivity contribution in [1.82, 2.24) is 9.62 Å². The minimum Gasteiger partial charge on any atom is -0.494 e. The van der Waals surface area contributed by atoms with Crippen molar-refractivity contribution in [3.05, 3.63) is 60.2 Å². The molecule has 2 aromatic carbocycles. The number of nitrogens with one attached hydrogen (secondary N) is 1. The second-order valence-electron chi connectivity index (χ2n) is 7.16. The third-order valence-corrected chi connectivity index (χ3v) is 6.11. The predicted octanol–water partition coefficient (Wildman–Crippen LogP) is 3.45. The highest BCUT2D eigenvalue weighted by Crippen LogP contribution is 2.17. The Balaban J connectivity index is 1.36. The molecule has 6 nitrogen and oxygen atoms in total. The summed E-state index contributed by atoms with van der Waals surface area (Å²) in [4.78, 5) is 6.82. The highest BCUT2D eigenvalue weighted by Gasteiger charge is 2.11. The molecule has 0 atom stereocenters. The molecule has 0 amide bonds. The Labute approximate surface area is 173 Å². The van der Waals surface area contributed by atoms with E-state index in [4.69, 9.17) is 4.74 Å². The fourth-order valence-corrected chi connectivity index (χ4v) is 4.16. The summed E-state index contributed by atoms with van der Waals surface area (Å²) in [5, 5.41) is 0. The maximum absolute atomic E-state index is 12.1. The number of ether oxygens (including phenoxy) is 1. The highest BCUT2D eigenvalue weighted by molar-refractivity contribution is 7.90. The zero-order valence-electron chi connectivity index (χ0n) is 16.7. The van der Waals surface area contributed by atoms with Gasteiger partial charge < -0.3 is 4.74 Å². The minimum atomic E-state index is -3.55. The van der Waals surface area contributed by atoms with Gasteiger partial charge in [0.2, 0.25) is 0 Å². The largest absolute Gasteiger partial charge is 0.494 e. The molecular weight excluding hydrogens is 386 g/mol. The first kappa shape index (κ1) is 21.3. The van der Waals surface area contributed by atoms with Crippen LogP contribution in [0.25, 0.3) is 0 Å². The molecule has 1 aliphatic heterocycles. The van der Waals surface area contributed by atoms with Crippen molar-refractivity contribution >= 4 is 16.4 Å². The molecule has 0 bridgehead atoms. The van der Waals surface area contributed by atoms with Gasteiger partial charge in [-0.1, -0.05) is 36.8 Å². The lowest BCUT2D eigenvalue weighted by Gasteiger charge is -2.26. The molecule has 156 valence electrons. The summed E-state index contributed by atoms with van der Waals surface area (Å²) >= 11 is 0. The van der Waals surface area contributed by atoms with Crippen molar-refractivity contribution in [1.29, 1.82) is 0 Å². The van der Waals surface area contributed by atoms with Crippen LogP contribution in [0.4, 0.5) is 0 Å². The van der Waals surface area contributed by atoms with Crippen LogP contribution in [0.5, 0.6) is 5.75 Å². The Kier molecular flexibility index (Phi) is 8.07. The summed E-state index contributed by atoms with van der Waals surface area (Å²) in [7, 11) is -3.55. The van der Waals surface area contributed by atoms with E-state index < -0.39 is 10.0 Å². The van der Waals surface area contributed by atoms with Gasteiger partial charge in [0.1, 0.15) is 5.75 Å². The number of hydrogen-bond donors (Lipinski definition) is 1. The lowest BCUT2D eigenvalue weighted by molar-refractivity contribution is 0.220. The van der Waals surface area contributed by atoms with Crippen molar-refractivity contribution in [2.24, 2.45) is 4.99 Å². The molecule has 1 N–H and O–H groups in total. The number of likely N-dealkylation sites (tertiary alicyclic amines) is 1. The smallest absolute Gasteiger partial charge is 0.262 e. The average molecular weight is 416 g/mol. The van der Waals surface area contributed by atoms with Crippen LogP contribution in [0.2, 0.25) is 0 Å². The predicted molar refractivity (Wildman–Crippen MR) is 116 cm³/mol. The summed E-state index contributed by atoms with van der Waals surface area (Å²) < 4.78 is 32.3. The Morgan fingerprint density at radius 2 is 1.83 bits per heavy atom. The van der Waals surface area contributed by atoms with Crippen LogP contribution in [0.3, 0.4) is 0 Å². The monoisotopic (exact) mass is 415 g/mol. The van der Waals surface area contributed by atoms with Gasteiger partial charge >= 0.3 is 0 Å². The van der Waals surface area contributed by atoms with Crippen molar-refractivity contribution in [3.8, 4) is 5.75 Å². The van der Waals surface area contributed by atoms with Gasteiger partial charge in [-0.3, -0.25) is 14.6 Å². The van der Waals surface area contributed by atoms with E-state index in [9.17, 15) is 8.42 Å². The van der Waals surface area contributed by atoms with E-state index in [0.29, 0.717) is 19.6 Å². The zero-order chi connectivity index (χ0) is 20.4. The zero-order valence-corrected chi connectivity index (χ0v) is 17.5. The molecule has 29 heavy (non-hydrogen) atoms. The van der Waals surface area contributed by atoms with Gasteiger partial charge in [-0.25, -0.2) is 8.42 Å². The molecular formula is C22H29N3O3S.